The second kappa shape index (κ2) is 9.22. The molecule has 0 aliphatic carbocycles. The quantitative estimate of drug-likeness (QED) is 0.441. The Kier molecular flexibility index (Phi) is 6.70. The molecule has 2 heterocycles. The van der Waals surface area contributed by atoms with Crippen LogP contribution in [-0.2, 0) is 21.7 Å². The van der Waals surface area contributed by atoms with E-state index in [1.54, 1.807) is 23.5 Å². The lowest BCUT2D eigenvalue weighted by molar-refractivity contribution is 0.529. The van der Waals surface area contributed by atoms with E-state index in [1.807, 2.05) is 12.1 Å². The van der Waals surface area contributed by atoms with Crippen LogP contribution in [0.1, 0.15) is 61.6 Å². The van der Waals surface area contributed by atoms with Gasteiger partial charge in [0, 0.05) is 24.9 Å². The number of piperidine rings is 1. The standard InChI is InChI=1S/C27H34N2O2S2/c1-19-7-6-8-21(20(19)2)17-23-18-32-26(28-23)29-15-13-25(14-16-29)33(30,31)24-11-9-22(10-12-24)27(3,4)5/h6-12,18,25H,13-17H2,1-5H3. The van der Waals surface area contributed by atoms with E-state index >= 15 is 0 Å². The Hall–Kier alpha value is -2.18. The van der Waals surface area contributed by atoms with Gasteiger partial charge < -0.3 is 4.90 Å². The van der Waals surface area contributed by atoms with Gasteiger partial charge in [-0.3, -0.25) is 0 Å². The monoisotopic (exact) mass is 482 g/mol. The van der Waals surface area contributed by atoms with Crippen molar-refractivity contribution in [2.24, 2.45) is 0 Å². The van der Waals surface area contributed by atoms with Crippen molar-refractivity contribution in [1.82, 2.24) is 4.98 Å². The normalized spacial score (nSPS) is 15.7. The van der Waals surface area contributed by atoms with Crippen LogP contribution >= 0.6 is 11.3 Å². The van der Waals surface area contributed by atoms with Crippen LogP contribution in [0, 0.1) is 13.8 Å². The Labute approximate surface area is 202 Å². The van der Waals surface area contributed by atoms with E-state index in [2.05, 4.69) is 63.1 Å². The zero-order chi connectivity index (χ0) is 23.8. The smallest absolute Gasteiger partial charge is 0.185 e. The second-order valence-electron chi connectivity index (χ2n) is 10.2. The maximum Gasteiger partial charge on any atom is 0.185 e. The van der Waals surface area contributed by atoms with Crippen molar-refractivity contribution in [2.45, 2.75) is 69.4 Å². The van der Waals surface area contributed by atoms with Crippen molar-refractivity contribution in [1.29, 1.82) is 0 Å². The molecule has 0 spiro atoms. The summed E-state index contributed by atoms with van der Waals surface area (Å²) in [5, 5.41) is 2.81. The number of aryl methyl sites for hydroxylation is 1. The van der Waals surface area contributed by atoms with Gasteiger partial charge in [-0.15, -0.1) is 11.3 Å². The molecule has 0 unspecified atom stereocenters. The Balaban J connectivity index is 1.40. The molecule has 0 atom stereocenters. The molecule has 6 heteroatoms. The molecule has 1 saturated heterocycles. The minimum absolute atomic E-state index is 0.0121. The van der Waals surface area contributed by atoms with Crippen molar-refractivity contribution in [2.75, 3.05) is 18.0 Å². The third-order valence-electron chi connectivity index (χ3n) is 6.83. The molecular weight excluding hydrogens is 448 g/mol. The highest BCUT2D eigenvalue weighted by Gasteiger charge is 2.32. The summed E-state index contributed by atoms with van der Waals surface area (Å²) in [7, 11) is -3.32. The van der Waals surface area contributed by atoms with Crippen molar-refractivity contribution in [3.05, 3.63) is 75.8 Å². The molecule has 0 saturated carbocycles. The summed E-state index contributed by atoms with van der Waals surface area (Å²) >= 11 is 1.66. The lowest BCUT2D eigenvalue weighted by atomic mass is 9.87. The number of hydrogen-bond donors (Lipinski definition) is 0. The number of aromatic nitrogens is 1. The molecule has 0 bridgehead atoms. The summed E-state index contributed by atoms with van der Waals surface area (Å²) in [6, 6.07) is 13.9. The maximum absolute atomic E-state index is 13.2. The summed E-state index contributed by atoms with van der Waals surface area (Å²) in [5.74, 6) is 0. The van der Waals surface area contributed by atoms with Crippen LogP contribution in [0.25, 0.3) is 0 Å². The summed E-state index contributed by atoms with van der Waals surface area (Å²) in [6.07, 6.45) is 2.10. The van der Waals surface area contributed by atoms with Crippen LogP contribution in [0.5, 0.6) is 0 Å². The van der Waals surface area contributed by atoms with E-state index in [1.165, 1.54) is 16.7 Å². The molecule has 176 valence electrons. The molecule has 1 fully saturated rings. The number of benzene rings is 2. The van der Waals surface area contributed by atoms with Gasteiger partial charge in [-0.1, -0.05) is 51.1 Å². The fraction of sp³-hybridized carbons (Fsp3) is 0.444. The van der Waals surface area contributed by atoms with Gasteiger partial charge in [-0.2, -0.15) is 0 Å². The largest absolute Gasteiger partial charge is 0.348 e. The van der Waals surface area contributed by atoms with Crippen molar-refractivity contribution in [3.63, 3.8) is 0 Å². The first-order valence-corrected chi connectivity index (χ1v) is 14.1. The Morgan fingerprint density at radius 1 is 1.03 bits per heavy atom. The molecule has 3 aromatic rings. The van der Waals surface area contributed by atoms with Gasteiger partial charge in [0.15, 0.2) is 15.0 Å². The van der Waals surface area contributed by atoms with E-state index in [9.17, 15) is 8.42 Å². The van der Waals surface area contributed by atoms with Crippen molar-refractivity contribution < 1.29 is 8.42 Å². The van der Waals surface area contributed by atoms with E-state index in [-0.39, 0.29) is 10.7 Å². The lowest BCUT2D eigenvalue weighted by Gasteiger charge is -2.31. The molecule has 1 aliphatic heterocycles. The minimum Gasteiger partial charge on any atom is -0.348 e. The highest BCUT2D eigenvalue weighted by Crippen LogP contribution is 2.31. The molecule has 0 N–H and O–H groups in total. The average molecular weight is 483 g/mol. The fourth-order valence-corrected chi connectivity index (χ4v) is 7.03. The lowest BCUT2D eigenvalue weighted by Crippen LogP contribution is -2.39. The summed E-state index contributed by atoms with van der Waals surface area (Å²) in [6.45, 7) is 12.2. The molecule has 4 rings (SSSR count). The van der Waals surface area contributed by atoms with Crippen molar-refractivity contribution in [3.8, 4) is 0 Å². The number of nitrogens with zero attached hydrogens (tertiary/aromatic N) is 2. The Bertz CT molecular complexity index is 1210. The van der Waals surface area contributed by atoms with Gasteiger partial charge in [-0.05, 0) is 66.5 Å². The minimum atomic E-state index is -3.32. The van der Waals surface area contributed by atoms with Crippen LogP contribution in [-0.4, -0.2) is 31.7 Å². The van der Waals surface area contributed by atoms with E-state index in [0.29, 0.717) is 17.7 Å². The zero-order valence-corrected chi connectivity index (χ0v) is 21.9. The Morgan fingerprint density at radius 3 is 2.33 bits per heavy atom. The SMILES string of the molecule is Cc1cccc(Cc2csc(N3CCC(S(=O)(=O)c4ccc(C(C)(C)C)cc4)CC3)n2)c1C. The number of anilines is 1. The molecular formula is C27H34N2O2S2. The molecule has 33 heavy (non-hydrogen) atoms. The Morgan fingerprint density at radius 2 is 1.70 bits per heavy atom. The third-order valence-corrected chi connectivity index (χ3v) is 10.1. The average Bonchev–Trinajstić information content (AvgIpc) is 3.25. The van der Waals surface area contributed by atoms with Gasteiger partial charge in [0.25, 0.3) is 0 Å². The van der Waals surface area contributed by atoms with E-state index in [4.69, 9.17) is 4.98 Å². The maximum atomic E-state index is 13.2. The summed E-state index contributed by atoms with van der Waals surface area (Å²) in [5.41, 5.74) is 6.19. The predicted octanol–water partition coefficient (Wildman–Crippen LogP) is 6.09. The molecule has 1 aromatic heterocycles. The van der Waals surface area contributed by atoms with Gasteiger partial charge in [-0.25, -0.2) is 13.4 Å². The molecule has 4 nitrogen and oxygen atoms in total. The second-order valence-corrected chi connectivity index (χ2v) is 13.2. The van der Waals surface area contributed by atoms with Crippen molar-refractivity contribution >= 4 is 26.3 Å². The number of sulfone groups is 1. The predicted molar refractivity (Wildman–Crippen MR) is 138 cm³/mol. The first kappa shape index (κ1) is 24.0. The summed E-state index contributed by atoms with van der Waals surface area (Å²) in [4.78, 5) is 7.56. The van der Waals surface area contributed by atoms with Crippen LogP contribution < -0.4 is 4.90 Å². The van der Waals surface area contributed by atoms with Gasteiger partial charge in [0.1, 0.15) is 0 Å². The zero-order valence-electron chi connectivity index (χ0n) is 20.3. The number of thiazole rings is 1. The first-order chi connectivity index (χ1) is 15.6. The highest BCUT2D eigenvalue weighted by atomic mass is 32.2. The van der Waals surface area contributed by atoms with E-state index < -0.39 is 9.84 Å². The topological polar surface area (TPSA) is 50.3 Å². The summed E-state index contributed by atoms with van der Waals surface area (Å²) < 4.78 is 26.5. The molecule has 2 aromatic carbocycles. The molecule has 0 amide bonds. The third kappa shape index (κ3) is 5.17. The van der Waals surface area contributed by atoms with Crippen LogP contribution in [0.15, 0.2) is 52.7 Å². The van der Waals surface area contributed by atoms with Crippen LogP contribution in [0.4, 0.5) is 5.13 Å². The van der Waals surface area contributed by atoms with Gasteiger partial charge in [0.05, 0.1) is 15.8 Å². The molecule has 0 radical (unpaired) electrons. The highest BCUT2D eigenvalue weighted by molar-refractivity contribution is 7.92. The number of rotatable bonds is 5. The van der Waals surface area contributed by atoms with Gasteiger partial charge >= 0.3 is 0 Å². The van der Waals surface area contributed by atoms with Crippen LogP contribution in [0.2, 0.25) is 0 Å². The fourth-order valence-electron chi connectivity index (χ4n) is 4.42. The van der Waals surface area contributed by atoms with E-state index in [0.717, 1.165) is 35.9 Å². The van der Waals surface area contributed by atoms with Crippen LogP contribution in [0.3, 0.4) is 0 Å². The number of hydrogen-bond acceptors (Lipinski definition) is 5. The molecule has 1 aliphatic rings. The first-order valence-electron chi connectivity index (χ1n) is 11.6. The van der Waals surface area contributed by atoms with Gasteiger partial charge in [0.2, 0.25) is 0 Å².